The predicted molar refractivity (Wildman–Crippen MR) is 61.1 cm³/mol. The average molecular weight is 231 g/mol. The van der Waals surface area contributed by atoms with Crippen LogP contribution in [0.5, 0.6) is 0 Å². The zero-order valence-corrected chi connectivity index (χ0v) is 10.1. The number of hydrogen-bond donors (Lipinski definition) is 1. The number of rotatable bonds is 1. The highest BCUT2D eigenvalue weighted by Gasteiger charge is 2.54. The van der Waals surface area contributed by atoms with Crippen molar-refractivity contribution in [1.29, 1.82) is 0 Å². The second-order valence-electron chi connectivity index (χ2n) is 5.24. The normalized spacial score (nSPS) is 54.2. The molecule has 0 aromatic rings. The minimum Gasteiger partial charge on any atom is -0.402 e. The monoisotopic (exact) mass is 231 g/mol. The van der Waals surface area contributed by atoms with Gasteiger partial charge in [-0.2, -0.15) is 0 Å². The maximum atomic E-state index is 9.82. The van der Waals surface area contributed by atoms with E-state index in [0.29, 0.717) is 0 Å². The van der Waals surface area contributed by atoms with Gasteiger partial charge in [0.15, 0.2) is 0 Å². The van der Waals surface area contributed by atoms with Crippen molar-refractivity contribution >= 4 is 7.12 Å². The minimum atomic E-state index is -1.24. The van der Waals surface area contributed by atoms with E-state index in [2.05, 4.69) is 0 Å². The van der Waals surface area contributed by atoms with Gasteiger partial charge in [-0.15, -0.1) is 0 Å². The molecule has 2 aliphatic rings. The lowest BCUT2D eigenvalue weighted by Crippen LogP contribution is -2.42. The fourth-order valence-electron chi connectivity index (χ4n) is 1.70. The van der Waals surface area contributed by atoms with Gasteiger partial charge in [-0.25, -0.2) is 0 Å². The lowest BCUT2D eigenvalue weighted by Gasteiger charge is -2.32. The van der Waals surface area contributed by atoms with E-state index in [-0.39, 0.29) is 0 Å². The summed E-state index contributed by atoms with van der Waals surface area (Å²) in [5.74, 6) is 0. The van der Waals surface area contributed by atoms with Crippen molar-refractivity contribution in [3.8, 4) is 0 Å². The largest absolute Gasteiger partial charge is 0.489 e. The van der Waals surface area contributed by atoms with E-state index < -0.39 is 49.8 Å². The maximum absolute atomic E-state index is 9.82. The molecule has 92 valence electrons. The van der Waals surface area contributed by atoms with Gasteiger partial charge in [-0.3, -0.25) is 0 Å². The molecule has 5 atom stereocenters. The number of aliphatic hydroxyl groups excluding tert-OH is 1. The van der Waals surface area contributed by atoms with Crippen LogP contribution >= 0.6 is 0 Å². The summed E-state index contributed by atoms with van der Waals surface area (Å²) in [6.45, 7) is 6.35. The smallest absolute Gasteiger partial charge is 0.402 e. The summed E-state index contributed by atoms with van der Waals surface area (Å²) in [6.07, 6.45) is -3.43. The third kappa shape index (κ3) is 2.14. The molecule has 0 aromatic heterocycles. The van der Waals surface area contributed by atoms with Crippen molar-refractivity contribution in [2.24, 2.45) is 0 Å². The van der Waals surface area contributed by atoms with Crippen LogP contribution in [0.25, 0.3) is 0 Å². The number of aliphatic hydroxyl groups is 1. The Morgan fingerprint density at radius 1 is 1.25 bits per heavy atom. The lowest BCUT2D eigenvalue weighted by molar-refractivity contribution is -0.0235. The molecule has 16 heavy (non-hydrogen) atoms. The van der Waals surface area contributed by atoms with Crippen LogP contribution in [0.2, 0.25) is 0 Å². The Morgan fingerprint density at radius 2 is 1.81 bits per heavy atom. The van der Waals surface area contributed by atoms with Gasteiger partial charge >= 0.3 is 7.12 Å². The second kappa shape index (κ2) is 3.98. The Labute approximate surface area is 102 Å². The molecule has 1 N–H and O–H groups in total. The molecule has 2 heterocycles. The summed E-state index contributed by atoms with van der Waals surface area (Å²) < 4.78 is 40.0. The van der Waals surface area contributed by atoms with Gasteiger partial charge in [0, 0.05) is 9.32 Å². The first-order chi connectivity index (χ1) is 8.57. The first kappa shape index (κ1) is 8.92. The predicted octanol–water partition coefficient (Wildman–Crippen LogP) is 1.16. The molecule has 0 amide bonds. The third-order valence-corrected chi connectivity index (χ3v) is 3.44. The van der Waals surface area contributed by atoms with Gasteiger partial charge < -0.3 is 19.2 Å². The van der Waals surface area contributed by atoms with Crippen molar-refractivity contribution in [3.05, 3.63) is 0 Å². The van der Waals surface area contributed by atoms with Crippen LogP contribution in [0.3, 0.4) is 0 Å². The van der Waals surface area contributed by atoms with Crippen molar-refractivity contribution < 1.29 is 23.3 Å². The minimum absolute atomic E-state index is 0.555. The van der Waals surface area contributed by atoms with Crippen LogP contribution in [0.1, 0.15) is 44.6 Å². The van der Waals surface area contributed by atoms with Crippen LogP contribution in [0.4, 0.5) is 0 Å². The van der Waals surface area contributed by atoms with Crippen LogP contribution < -0.4 is 0 Å². The van der Waals surface area contributed by atoms with Gasteiger partial charge in [0.25, 0.3) is 0 Å². The van der Waals surface area contributed by atoms with Crippen molar-refractivity contribution in [2.75, 3.05) is 6.58 Å². The molecule has 0 aliphatic carbocycles. The van der Waals surface area contributed by atoms with E-state index in [0.717, 1.165) is 0 Å². The van der Waals surface area contributed by atoms with Crippen molar-refractivity contribution in [3.63, 3.8) is 0 Å². The summed E-state index contributed by atoms with van der Waals surface area (Å²) in [4.78, 5) is 0. The Kier molecular flexibility index (Phi) is 2.22. The first-order valence-corrected chi connectivity index (χ1v) is 5.53. The second-order valence-corrected chi connectivity index (χ2v) is 5.24. The molecule has 2 fully saturated rings. The zero-order valence-electron chi connectivity index (χ0n) is 13.1. The molecule has 2 rings (SSSR count). The fourth-order valence-corrected chi connectivity index (χ4v) is 1.70. The SMILES string of the molecule is [2H]C1OC(B2OC(C)(C)C(C)(C)O2)C([2H])C(O)C1[2H]. The summed E-state index contributed by atoms with van der Waals surface area (Å²) in [5.41, 5.74) is -1.11. The van der Waals surface area contributed by atoms with Crippen LogP contribution in [0.15, 0.2) is 0 Å². The van der Waals surface area contributed by atoms with Gasteiger partial charge in [0.1, 0.15) is 0 Å². The Hall–Kier alpha value is -0.0951. The van der Waals surface area contributed by atoms with E-state index in [1.165, 1.54) is 0 Å². The lowest BCUT2D eigenvalue weighted by atomic mass is 9.76. The fraction of sp³-hybridized carbons (Fsp3) is 1.00. The van der Waals surface area contributed by atoms with Crippen LogP contribution in [0, 0.1) is 0 Å². The van der Waals surface area contributed by atoms with Crippen LogP contribution in [-0.2, 0) is 14.0 Å². The molecule has 0 saturated carbocycles. The molecule has 2 aliphatic heterocycles. The zero-order chi connectivity index (χ0) is 14.6. The highest BCUT2D eigenvalue weighted by atomic mass is 16.7. The molecule has 0 aromatic carbocycles. The quantitative estimate of drug-likeness (QED) is 0.688. The highest BCUT2D eigenvalue weighted by molar-refractivity contribution is 6.47. The number of hydrogen-bond acceptors (Lipinski definition) is 4. The molecular formula is C11H21BO4. The summed E-state index contributed by atoms with van der Waals surface area (Å²) in [6, 6.07) is -0.861. The van der Waals surface area contributed by atoms with E-state index in [4.69, 9.17) is 18.2 Å². The van der Waals surface area contributed by atoms with E-state index in [1.807, 2.05) is 27.7 Å². The van der Waals surface area contributed by atoms with Gasteiger partial charge in [-0.05, 0) is 40.5 Å². The van der Waals surface area contributed by atoms with E-state index in [9.17, 15) is 5.11 Å². The topological polar surface area (TPSA) is 47.9 Å². The molecule has 5 unspecified atom stereocenters. The van der Waals surface area contributed by atoms with Gasteiger partial charge in [0.05, 0.1) is 24.7 Å². The molecule has 4 nitrogen and oxygen atoms in total. The summed E-state index contributed by atoms with van der Waals surface area (Å²) >= 11 is 0. The molecular weight excluding hydrogens is 207 g/mol. The third-order valence-electron chi connectivity index (χ3n) is 3.44. The average Bonchev–Trinajstić information content (AvgIpc) is 2.50. The Morgan fingerprint density at radius 3 is 2.38 bits per heavy atom. The standard InChI is InChI=1S/C11H21BO4/c1-10(2)11(3,4)16-12(15-10)9-7-8(13)5-6-14-9/h8-9,13H,5-7H2,1-4H3/i5D,6D,7D. The van der Waals surface area contributed by atoms with Gasteiger partial charge in [-0.1, -0.05) is 0 Å². The van der Waals surface area contributed by atoms with Crippen molar-refractivity contribution in [2.45, 2.75) is 63.8 Å². The van der Waals surface area contributed by atoms with Crippen molar-refractivity contribution in [1.82, 2.24) is 0 Å². The van der Waals surface area contributed by atoms with E-state index >= 15 is 0 Å². The maximum Gasteiger partial charge on any atom is 0.489 e. The molecule has 2 saturated heterocycles. The molecule has 5 heteroatoms. The highest BCUT2D eigenvalue weighted by Crippen LogP contribution is 2.39. The van der Waals surface area contributed by atoms with Gasteiger partial charge in [0.2, 0.25) is 0 Å². The van der Waals surface area contributed by atoms with E-state index in [1.54, 1.807) is 0 Å². The molecule has 0 radical (unpaired) electrons. The Bertz CT molecular complexity index is 339. The molecule has 0 spiro atoms. The Balaban J connectivity index is 2.15. The first-order valence-electron chi connectivity index (χ1n) is 7.26. The summed E-state index contributed by atoms with van der Waals surface area (Å²) in [7, 11) is -0.803. The van der Waals surface area contributed by atoms with Crippen LogP contribution in [-0.4, -0.2) is 42.1 Å². The molecule has 0 bridgehead atoms. The number of ether oxygens (including phenoxy) is 1. The summed E-state index contributed by atoms with van der Waals surface area (Å²) in [5, 5.41) is 9.82.